The minimum absolute atomic E-state index is 0.00296. The number of amides is 1. The van der Waals surface area contributed by atoms with Crippen LogP contribution in [0.15, 0.2) is 27.8 Å². The Morgan fingerprint density at radius 1 is 1.19 bits per heavy atom. The second-order valence-electron chi connectivity index (χ2n) is 6.58. The van der Waals surface area contributed by atoms with Gasteiger partial charge < -0.3 is 14.2 Å². The molecule has 0 unspecified atom stereocenters. The van der Waals surface area contributed by atoms with Gasteiger partial charge in [0.25, 0.3) is 5.91 Å². The summed E-state index contributed by atoms with van der Waals surface area (Å²) < 4.78 is 5.78. The molecule has 1 aliphatic heterocycles. The zero-order valence-electron chi connectivity index (χ0n) is 16.4. The van der Waals surface area contributed by atoms with E-state index < -0.39 is 0 Å². The lowest BCUT2D eigenvalue weighted by Crippen LogP contribution is -2.27. The van der Waals surface area contributed by atoms with Crippen molar-refractivity contribution < 1.29 is 9.21 Å². The number of carbonyl (C=O) groups excluding carboxylic acids is 1. The van der Waals surface area contributed by atoms with E-state index in [0.717, 1.165) is 67.9 Å². The number of aromatic nitrogens is 2. The maximum atomic E-state index is 12.4. The molecule has 0 aliphatic carbocycles. The number of nitrogens with zero attached hydrogens (tertiary/aromatic N) is 4. The monoisotopic (exact) mass is 388 g/mol. The van der Waals surface area contributed by atoms with Gasteiger partial charge in [0.05, 0.1) is 5.75 Å². The molecule has 1 fully saturated rings. The third-order valence-corrected chi connectivity index (χ3v) is 5.67. The van der Waals surface area contributed by atoms with Gasteiger partial charge in [-0.05, 0) is 45.2 Å². The molecule has 0 atom stereocenters. The highest BCUT2D eigenvalue weighted by atomic mass is 32.2. The summed E-state index contributed by atoms with van der Waals surface area (Å²) >= 11 is 1.55. The van der Waals surface area contributed by atoms with Crippen LogP contribution in [-0.2, 0) is 12.2 Å². The number of thioether (sulfide) groups is 1. The predicted molar refractivity (Wildman–Crippen MR) is 108 cm³/mol. The first-order chi connectivity index (χ1) is 13.1. The number of likely N-dealkylation sites (tertiary alicyclic amines) is 1. The van der Waals surface area contributed by atoms with Crippen molar-refractivity contribution in [2.75, 3.05) is 31.1 Å². The van der Waals surface area contributed by atoms with Crippen LogP contribution in [0.25, 0.3) is 0 Å². The largest absolute Gasteiger partial charge is 0.455 e. The van der Waals surface area contributed by atoms with E-state index in [-0.39, 0.29) is 5.91 Å². The molecule has 3 rings (SSSR count). The zero-order valence-corrected chi connectivity index (χ0v) is 17.2. The smallest absolute Gasteiger partial charge is 0.289 e. The molecule has 2 aromatic heterocycles. The topological polar surface area (TPSA) is 62.5 Å². The van der Waals surface area contributed by atoms with Crippen molar-refractivity contribution in [2.45, 2.75) is 50.9 Å². The Hall–Kier alpha value is -2.02. The van der Waals surface area contributed by atoms with Crippen LogP contribution in [-0.4, -0.2) is 47.0 Å². The number of hydrogen-bond acceptors (Lipinski definition) is 6. The average molecular weight is 389 g/mol. The number of anilines is 1. The van der Waals surface area contributed by atoms with E-state index in [1.807, 2.05) is 11.0 Å². The Labute approximate surface area is 165 Å². The summed E-state index contributed by atoms with van der Waals surface area (Å²) in [6, 6.07) is 5.73. The van der Waals surface area contributed by atoms with Crippen LogP contribution in [0.5, 0.6) is 0 Å². The maximum Gasteiger partial charge on any atom is 0.289 e. The molecule has 1 aliphatic rings. The van der Waals surface area contributed by atoms with E-state index in [2.05, 4.69) is 36.7 Å². The van der Waals surface area contributed by atoms with Crippen molar-refractivity contribution in [1.82, 2.24) is 14.9 Å². The summed E-state index contributed by atoms with van der Waals surface area (Å²) in [4.78, 5) is 25.8. The highest BCUT2D eigenvalue weighted by Crippen LogP contribution is 2.25. The molecular formula is C20H28N4O2S. The van der Waals surface area contributed by atoms with E-state index >= 15 is 0 Å². The Bertz CT molecular complexity index is 767. The van der Waals surface area contributed by atoms with Gasteiger partial charge in [-0.2, -0.15) is 0 Å². The van der Waals surface area contributed by atoms with E-state index in [1.54, 1.807) is 17.8 Å². The SMILES string of the molecule is CCc1cc(N(CC)CC)nc(SCc2ccc(C(=O)N3CCCC3)o2)n1. The molecule has 0 N–H and O–H groups in total. The van der Waals surface area contributed by atoms with Crippen molar-refractivity contribution >= 4 is 23.5 Å². The number of rotatable bonds is 8. The Balaban J connectivity index is 1.67. The molecule has 0 aromatic carbocycles. The standard InChI is InChI=1S/C20H28N4O2S/c1-4-15-13-18(23(5-2)6-3)22-20(21-15)27-14-16-9-10-17(26-16)19(25)24-11-7-8-12-24/h9-10,13H,4-8,11-12,14H2,1-3H3. The minimum atomic E-state index is -0.00296. The van der Waals surface area contributed by atoms with Crippen molar-refractivity contribution in [3.05, 3.63) is 35.4 Å². The molecule has 6 nitrogen and oxygen atoms in total. The zero-order chi connectivity index (χ0) is 19.2. The fourth-order valence-corrected chi connectivity index (χ4v) is 3.96. The number of hydrogen-bond donors (Lipinski definition) is 0. The molecular weight excluding hydrogens is 360 g/mol. The first kappa shape index (κ1) is 19.7. The maximum absolute atomic E-state index is 12.4. The van der Waals surface area contributed by atoms with Crippen molar-refractivity contribution in [2.24, 2.45) is 0 Å². The summed E-state index contributed by atoms with van der Waals surface area (Å²) in [5.74, 6) is 2.78. The Morgan fingerprint density at radius 2 is 1.93 bits per heavy atom. The normalized spacial score (nSPS) is 14.0. The first-order valence-electron chi connectivity index (χ1n) is 9.78. The Kier molecular flexibility index (Phi) is 6.77. The lowest BCUT2D eigenvalue weighted by Gasteiger charge is -2.20. The van der Waals surface area contributed by atoms with Gasteiger partial charge >= 0.3 is 0 Å². The van der Waals surface area contributed by atoms with Crippen molar-refractivity contribution in [3.63, 3.8) is 0 Å². The molecule has 1 amide bonds. The van der Waals surface area contributed by atoms with Crippen LogP contribution >= 0.6 is 11.8 Å². The molecule has 27 heavy (non-hydrogen) atoms. The minimum Gasteiger partial charge on any atom is -0.455 e. The van der Waals surface area contributed by atoms with Crippen molar-refractivity contribution in [1.29, 1.82) is 0 Å². The van der Waals surface area contributed by atoms with Gasteiger partial charge in [-0.15, -0.1) is 0 Å². The van der Waals surface area contributed by atoms with Gasteiger partial charge in [-0.3, -0.25) is 4.79 Å². The Morgan fingerprint density at radius 3 is 2.59 bits per heavy atom. The molecule has 7 heteroatoms. The summed E-state index contributed by atoms with van der Waals surface area (Å²) in [5.41, 5.74) is 1.04. The van der Waals surface area contributed by atoms with Gasteiger partial charge in [0.1, 0.15) is 11.6 Å². The third-order valence-electron chi connectivity index (χ3n) is 4.80. The van der Waals surface area contributed by atoms with Gasteiger partial charge in [0.2, 0.25) is 0 Å². The fraction of sp³-hybridized carbons (Fsp3) is 0.550. The highest BCUT2D eigenvalue weighted by molar-refractivity contribution is 7.98. The van der Waals surface area contributed by atoms with E-state index in [9.17, 15) is 4.79 Å². The summed E-state index contributed by atoms with van der Waals surface area (Å²) in [5, 5.41) is 0.750. The number of aryl methyl sites for hydroxylation is 1. The summed E-state index contributed by atoms with van der Waals surface area (Å²) in [6.07, 6.45) is 3.03. The van der Waals surface area contributed by atoms with Gasteiger partial charge in [0, 0.05) is 37.9 Å². The summed E-state index contributed by atoms with van der Waals surface area (Å²) in [6.45, 7) is 9.86. The van der Waals surface area contributed by atoms with Gasteiger partial charge in [0.15, 0.2) is 10.9 Å². The third kappa shape index (κ3) is 4.83. The first-order valence-corrected chi connectivity index (χ1v) is 10.8. The predicted octanol–water partition coefficient (Wildman–Crippen LogP) is 4.01. The molecule has 0 bridgehead atoms. The molecule has 0 spiro atoms. The lowest BCUT2D eigenvalue weighted by molar-refractivity contribution is 0.0760. The molecule has 146 valence electrons. The quantitative estimate of drug-likeness (QED) is 0.503. The number of carbonyl (C=O) groups is 1. The van der Waals surface area contributed by atoms with Crippen LogP contribution < -0.4 is 4.90 Å². The molecule has 2 aromatic rings. The molecule has 1 saturated heterocycles. The van der Waals surface area contributed by atoms with Crippen LogP contribution in [0.4, 0.5) is 5.82 Å². The molecule has 0 saturated carbocycles. The molecule has 0 radical (unpaired) electrons. The lowest BCUT2D eigenvalue weighted by atomic mass is 10.3. The van der Waals surface area contributed by atoms with Crippen LogP contribution in [0.1, 0.15) is 55.6 Å². The van der Waals surface area contributed by atoms with Crippen molar-refractivity contribution in [3.8, 4) is 0 Å². The highest BCUT2D eigenvalue weighted by Gasteiger charge is 2.22. The van der Waals surface area contributed by atoms with Crippen LogP contribution in [0.2, 0.25) is 0 Å². The second-order valence-corrected chi connectivity index (χ2v) is 7.52. The van der Waals surface area contributed by atoms with E-state index in [4.69, 9.17) is 9.40 Å². The fourth-order valence-electron chi connectivity index (χ4n) is 3.20. The average Bonchev–Trinajstić information content (AvgIpc) is 3.39. The number of furan rings is 1. The summed E-state index contributed by atoms with van der Waals surface area (Å²) in [7, 11) is 0. The van der Waals surface area contributed by atoms with E-state index in [0.29, 0.717) is 11.5 Å². The van der Waals surface area contributed by atoms with Gasteiger partial charge in [-0.25, -0.2) is 9.97 Å². The molecule has 3 heterocycles. The van der Waals surface area contributed by atoms with E-state index in [1.165, 1.54) is 0 Å². The second kappa shape index (κ2) is 9.26. The van der Waals surface area contributed by atoms with Crippen LogP contribution in [0, 0.1) is 0 Å². The van der Waals surface area contributed by atoms with Crippen LogP contribution in [0.3, 0.4) is 0 Å². The van der Waals surface area contributed by atoms with Gasteiger partial charge in [-0.1, -0.05) is 18.7 Å².